The quantitative estimate of drug-likeness (QED) is 0.311. The number of hydrogen-bond donors (Lipinski definition) is 0. The largest absolute Gasteiger partial charge is 0.495 e. The lowest BCUT2D eigenvalue weighted by atomic mass is 9.77. The van der Waals surface area contributed by atoms with Crippen LogP contribution in [-0.4, -0.2) is 28.3 Å². The molecule has 0 bridgehead atoms. The van der Waals surface area contributed by atoms with Crippen LogP contribution in [0.1, 0.15) is 27.7 Å². The first kappa shape index (κ1) is 22.8. The number of fused-ring (bicyclic) bond motifs is 2. The summed E-state index contributed by atoms with van der Waals surface area (Å²) in [6.07, 6.45) is 3.38. The summed E-state index contributed by atoms with van der Waals surface area (Å²) in [6, 6.07) is 12.7. The Kier molecular flexibility index (Phi) is 6.05. The average Bonchev–Trinajstić information content (AvgIpc) is 2.95. The van der Waals surface area contributed by atoms with Crippen molar-refractivity contribution >= 4 is 50.3 Å². The van der Waals surface area contributed by atoms with E-state index in [9.17, 15) is 8.78 Å². The van der Waals surface area contributed by atoms with E-state index in [4.69, 9.17) is 9.31 Å². The highest BCUT2D eigenvalue weighted by molar-refractivity contribution is 9.10. The van der Waals surface area contributed by atoms with Gasteiger partial charge in [-0.2, -0.15) is 0 Å². The van der Waals surface area contributed by atoms with Crippen LogP contribution in [0.5, 0.6) is 0 Å². The van der Waals surface area contributed by atoms with Gasteiger partial charge in [0.05, 0.1) is 22.2 Å². The Morgan fingerprint density at radius 2 is 1.25 bits per heavy atom. The molecule has 0 N–H and O–H groups in total. The van der Waals surface area contributed by atoms with Crippen LogP contribution in [0.2, 0.25) is 0 Å². The number of aromatic nitrogens is 2. The summed E-state index contributed by atoms with van der Waals surface area (Å²) >= 11 is 3.32. The standard InChI is InChI=1S/C15H17BFNO2.C9H5BrFN/c1-14(2)15(3,4)20-16(19-14)12-7-8-18-13-6-5-10(17)9-11(12)13;10-8-3-4-12-9-2-1-6(11)5-7(8)9/h5-9H,1-4H3;1-5H. The van der Waals surface area contributed by atoms with Gasteiger partial charge in [-0.05, 0) is 81.7 Å². The van der Waals surface area contributed by atoms with Crippen molar-refractivity contribution in [1.82, 2.24) is 9.97 Å². The van der Waals surface area contributed by atoms with Crippen molar-refractivity contribution in [3.8, 4) is 0 Å². The van der Waals surface area contributed by atoms with E-state index in [1.54, 1.807) is 30.6 Å². The Morgan fingerprint density at radius 3 is 1.84 bits per heavy atom. The third-order valence-corrected chi connectivity index (χ3v) is 6.59. The summed E-state index contributed by atoms with van der Waals surface area (Å²) in [5.41, 5.74) is 1.51. The molecule has 0 saturated carbocycles. The topological polar surface area (TPSA) is 44.2 Å². The summed E-state index contributed by atoms with van der Waals surface area (Å²) in [5.74, 6) is -0.528. The van der Waals surface area contributed by atoms with Gasteiger partial charge in [0.2, 0.25) is 0 Å². The van der Waals surface area contributed by atoms with Crippen LogP contribution in [0.25, 0.3) is 21.8 Å². The molecule has 0 amide bonds. The van der Waals surface area contributed by atoms with Gasteiger partial charge in [-0.25, -0.2) is 8.78 Å². The van der Waals surface area contributed by atoms with Gasteiger partial charge < -0.3 is 9.31 Å². The van der Waals surface area contributed by atoms with Gasteiger partial charge in [0, 0.05) is 27.6 Å². The maximum atomic E-state index is 13.5. The zero-order valence-electron chi connectivity index (χ0n) is 18.2. The first-order chi connectivity index (χ1) is 15.1. The summed E-state index contributed by atoms with van der Waals surface area (Å²) < 4.78 is 39.2. The normalized spacial score (nSPS) is 16.8. The molecular formula is C24H22BBrF2N2O2. The highest BCUT2D eigenvalue weighted by Gasteiger charge is 2.52. The van der Waals surface area contributed by atoms with E-state index in [1.165, 1.54) is 24.3 Å². The second kappa shape index (κ2) is 8.50. The van der Waals surface area contributed by atoms with E-state index in [2.05, 4.69) is 25.9 Å². The van der Waals surface area contributed by atoms with Crippen molar-refractivity contribution < 1.29 is 18.1 Å². The summed E-state index contributed by atoms with van der Waals surface area (Å²) in [4.78, 5) is 8.34. The van der Waals surface area contributed by atoms with E-state index in [0.717, 1.165) is 31.7 Å². The fourth-order valence-electron chi connectivity index (χ4n) is 3.40. The van der Waals surface area contributed by atoms with Gasteiger partial charge in [0.25, 0.3) is 0 Å². The molecule has 0 aliphatic carbocycles. The third-order valence-electron chi connectivity index (χ3n) is 5.89. The van der Waals surface area contributed by atoms with Crippen molar-refractivity contribution in [1.29, 1.82) is 0 Å². The van der Waals surface area contributed by atoms with Crippen LogP contribution in [0, 0.1) is 11.6 Å². The molecule has 4 nitrogen and oxygen atoms in total. The Hall–Kier alpha value is -2.42. The minimum absolute atomic E-state index is 0.240. The Balaban J connectivity index is 0.000000174. The summed E-state index contributed by atoms with van der Waals surface area (Å²) in [6.45, 7) is 7.99. The predicted molar refractivity (Wildman–Crippen MR) is 127 cm³/mol. The lowest BCUT2D eigenvalue weighted by Crippen LogP contribution is -2.41. The molecular weight excluding hydrogens is 477 g/mol. The Labute approximate surface area is 194 Å². The van der Waals surface area contributed by atoms with Crippen LogP contribution in [0.3, 0.4) is 0 Å². The molecule has 3 heterocycles. The molecule has 0 spiro atoms. The maximum Gasteiger partial charge on any atom is 0.495 e. The molecule has 5 rings (SSSR count). The lowest BCUT2D eigenvalue weighted by molar-refractivity contribution is 0.00578. The molecule has 0 atom stereocenters. The third kappa shape index (κ3) is 4.40. The van der Waals surface area contributed by atoms with E-state index in [0.29, 0.717) is 0 Å². The van der Waals surface area contributed by atoms with E-state index in [-0.39, 0.29) is 11.6 Å². The number of hydrogen-bond acceptors (Lipinski definition) is 4. The van der Waals surface area contributed by atoms with Gasteiger partial charge in [0.1, 0.15) is 11.6 Å². The van der Waals surface area contributed by atoms with Gasteiger partial charge >= 0.3 is 7.12 Å². The molecule has 0 radical (unpaired) electrons. The molecule has 2 aromatic heterocycles. The number of benzene rings is 2. The fraction of sp³-hybridized carbons (Fsp3) is 0.250. The van der Waals surface area contributed by atoms with Crippen LogP contribution in [0.4, 0.5) is 8.78 Å². The molecule has 2 aromatic carbocycles. The molecule has 1 aliphatic rings. The van der Waals surface area contributed by atoms with E-state index >= 15 is 0 Å². The second-order valence-electron chi connectivity index (χ2n) is 8.60. The minimum Gasteiger partial charge on any atom is -0.399 e. The maximum absolute atomic E-state index is 13.5. The van der Waals surface area contributed by atoms with Crippen molar-refractivity contribution in [2.45, 2.75) is 38.9 Å². The van der Waals surface area contributed by atoms with Crippen molar-refractivity contribution in [3.05, 3.63) is 77.0 Å². The van der Waals surface area contributed by atoms with E-state index < -0.39 is 18.3 Å². The average molecular weight is 499 g/mol. The first-order valence-corrected chi connectivity index (χ1v) is 11.0. The highest BCUT2D eigenvalue weighted by Crippen LogP contribution is 2.37. The summed E-state index contributed by atoms with van der Waals surface area (Å²) in [5, 5.41) is 1.53. The zero-order valence-corrected chi connectivity index (χ0v) is 19.8. The molecule has 1 aliphatic heterocycles. The van der Waals surface area contributed by atoms with E-state index in [1.807, 2.05) is 33.8 Å². The van der Waals surface area contributed by atoms with Crippen LogP contribution in [0.15, 0.2) is 65.4 Å². The monoisotopic (exact) mass is 498 g/mol. The zero-order chi connectivity index (χ0) is 23.1. The Bertz CT molecular complexity index is 1280. The SMILES string of the molecule is CC1(C)OB(c2ccnc3ccc(F)cc23)OC1(C)C.Fc1ccc2nccc(Br)c2c1. The lowest BCUT2D eigenvalue weighted by Gasteiger charge is -2.32. The second-order valence-corrected chi connectivity index (χ2v) is 9.46. The number of nitrogens with zero attached hydrogens (tertiary/aromatic N) is 2. The van der Waals surface area contributed by atoms with Crippen LogP contribution >= 0.6 is 15.9 Å². The number of pyridine rings is 2. The van der Waals surface area contributed by atoms with Crippen molar-refractivity contribution in [2.24, 2.45) is 0 Å². The molecule has 164 valence electrons. The molecule has 32 heavy (non-hydrogen) atoms. The molecule has 0 unspecified atom stereocenters. The van der Waals surface area contributed by atoms with Crippen molar-refractivity contribution in [2.75, 3.05) is 0 Å². The van der Waals surface area contributed by atoms with Crippen molar-refractivity contribution in [3.63, 3.8) is 0 Å². The molecule has 1 fully saturated rings. The van der Waals surface area contributed by atoms with Gasteiger partial charge in [-0.3, -0.25) is 9.97 Å². The van der Waals surface area contributed by atoms with Gasteiger partial charge in [-0.1, -0.05) is 15.9 Å². The summed E-state index contributed by atoms with van der Waals surface area (Å²) in [7, 11) is -0.507. The minimum atomic E-state index is -0.507. The smallest absolute Gasteiger partial charge is 0.399 e. The predicted octanol–water partition coefficient (Wildman–Crippen LogP) is 5.81. The van der Waals surface area contributed by atoms with Crippen LogP contribution in [-0.2, 0) is 9.31 Å². The first-order valence-electron chi connectivity index (χ1n) is 10.2. The number of rotatable bonds is 1. The Morgan fingerprint density at radius 1 is 0.750 bits per heavy atom. The molecule has 1 saturated heterocycles. The number of halogens is 3. The molecule has 8 heteroatoms. The molecule has 4 aromatic rings. The van der Waals surface area contributed by atoms with Crippen LogP contribution < -0.4 is 5.46 Å². The highest BCUT2D eigenvalue weighted by atomic mass is 79.9. The fourth-order valence-corrected chi connectivity index (χ4v) is 3.84. The van der Waals surface area contributed by atoms with Gasteiger partial charge in [-0.15, -0.1) is 0 Å². The van der Waals surface area contributed by atoms with Gasteiger partial charge in [0.15, 0.2) is 0 Å².